The molecule has 130 valence electrons. The van der Waals surface area contributed by atoms with Gasteiger partial charge in [-0.1, -0.05) is 60.3 Å². The van der Waals surface area contributed by atoms with E-state index in [0.29, 0.717) is 26.7 Å². The Kier molecular flexibility index (Phi) is 4.48. The maximum absolute atomic E-state index is 13.8. The normalized spacial score (nSPS) is 11.1. The quantitative estimate of drug-likeness (QED) is 0.325. The van der Waals surface area contributed by atoms with Gasteiger partial charge in [-0.25, -0.2) is 14.1 Å². The zero-order valence-corrected chi connectivity index (χ0v) is 15.2. The lowest BCUT2D eigenvalue weighted by Crippen LogP contribution is -2.29. The van der Waals surface area contributed by atoms with Crippen molar-refractivity contribution in [3.63, 3.8) is 0 Å². The number of hydrogen-bond donors (Lipinski definition) is 1. The Balaban J connectivity index is 1.74. The largest absolute Gasteiger partial charge is 0.334 e. The number of halogens is 1. The summed E-state index contributed by atoms with van der Waals surface area (Å²) in [5.41, 5.74) is 2.02. The van der Waals surface area contributed by atoms with Crippen molar-refractivity contribution in [1.82, 2.24) is 9.66 Å². The molecule has 0 unspecified atom stereocenters. The number of thiophene rings is 1. The molecule has 26 heavy (non-hydrogen) atoms. The van der Waals surface area contributed by atoms with Gasteiger partial charge in [0.2, 0.25) is 0 Å². The number of fused-ring (bicyclic) bond motifs is 1. The van der Waals surface area contributed by atoms with E-state index < -0.39 is 0 Å². The van der Waals surface area contributed by atoms with Crippen molar-refractivity contribution in [3.8, 4) is 11.1 Å². The Morgan fingerprint density at radius 3 is 2.62 bits per heavy atom. The topological polar surface area (TPSA) is 60.9 Å². The number of nitrogens with zero attached hydrogens (tertiary/aromatic N) is 2. The summed E-state index contributed by atoms with van der Waals surface area (Å²) in [6, 6.07) is 16.2. The molecule has 2 aromatic carbocycles. The lowest BCUT2D eigenvalue weighted by Gasteiger charge is -2.08. The van der Waals surface area contributed by atoms with Crippen LogP contribution in [0.3, 0.4) is 0 Å². The summed E-state index contributed by atoms with van der Waals surface area (Å²) in [5.74, 6) is 6.05. The molecule has 0 spiro atoms. The number of thioether (sulfide) groups is 1. The third-order valence-corrected chi connectivity index (χ3v) is 5.88. The Labute approximate surface area is 157 Å². The van der Waals surface area contributed by atoms with Crippen LogP contribution in [0.1, 0.15) is 5.56 Å². The van der Waals surface area contributed by atoms with E-state index >= 15 is 0 Å². The summed E-state index contributed by atoms with van der Waals surface area (Å²) < 4.78 is 14.8. The number of hydrogen-bond acceptors (Lipinski definition) is 5. The molecule has 0 aliphatic heterocycles. The molecule has 0 saturated heterocycles. The van der Waals surface area contributed by atoms with E-state index in [2.05, 4.69) is 4.98 Å². The highest BCUT2D eigenvalue weighted by atomic mass is 32.2. The van der Waals surface area contributed by atoms with Gasteiger partial charge in [0.25, 0.3) is 5.56 Å². The fraction of sp³-hybridized carbons (Fsp3) is 0.0526. The van der Waals surface area contributed by atoms with Crippen molar-refractivity contribution >= 4 is 33.3 Å². The zero-order valence-electron chi connectivity index (χ0n) is 13.6. The average molecular weight is 383 g/mol. The molecule has 2 N–H and O–H groups in total. The van der Waals surface area contributed by atoms with Crippen LogP contribution in [0.4, 0.5) is 4.39 Å². The first kappa shape index (κ1) is 16.8. The van der Waals surface area contributed by atoms with E-state index in [1.807, 2.05) is 35.7 Å². The molecule has 4 aromatic rings. The van der Waals surface area contributed by atoms with Crippen LogP contribution in [-0.4, -0.2) is 9.66 Å². The molecule has 4 nitrogen and oxygen atoms in total. The highest BCUT2D eigenvalue weighted by Crippen LogP contribution is 2.32. The van der Waals surface area contributed by atoms with Crippen LogP contribution < -0.4 is 11.4 Å². The summed E-state index contributed by atoms with van der Waals surface area (Å²) in [6.07, 6.45) is 0. The third-order valence-electron chi connectivity index (χ3n) is 4.01. The molecule has 0 aliphatic rings. The lowest BCUT2D eigenvalue weighted by molar-refractivity contribution is 0.617. The van der Waals surface area contributed by atoms with Gasteiger partial charge in [0.1, 0.15) is 10.6 Å². The molecule has 0 amide bonds. The van der Waals surface area contributed by atoms with E-state index in [-0.39, 0.29) is 11.4 Å². The molecule has 0 radical (unpaired) electrons. The fourth-order valence-electron chi connectivity index (χ4n) is 2.67. The third kappa shape index (κ3) is 3.00. The minimum atomic E-state index is -0.300. The van der Waals surface area contributed by atoms with E-state index in [1.165, 1.54) is 29.2 Å². The lowest BCUT2D eigenvalue weighted by atomic mass is 10.1. The van der Waals surface area contributed by atoms with Gasteiger partial charge in [-0.05, 0) is 17.2 Å². The van der Waals surface area contributed by atoms with Crippen LogP contribution in [0.25, 0.3) is 21.3 Å². The molecule has 0 bridgehead atoms. The molecule has 0 aliphatic carbocycles. The molecular formula is C19H14FN3OS2. The van der Waals surface area contributed by atoms with Gasteiger partial charge in [-0.15, -0.1) is 11.3 Å². The first-order valence-corrected chi connectivity index (χ1v) is 9.72. The predicted molar refractivity (Wildman–Crippen MR) is 105 cm³/mol. The average Bonchev–Trinajstić information content (AvgIpc) is 3.09. The molecule has 2 heterocycles. The predicted octanol–water partition coefficient (Wildman–Crippen LogP) is 4.27. The second-order valence-corrected chi connectivity index (χ2v) is 7.45. The Morgan fingerprint density at radius 1 is 1.12 bits per heavy atom. The van der Waals surface area contributed by atoms with Crippen LogP contribution in [0.5, 0.6) is 0 Å². The van der Waals surface area contributed by atoms with Crippen molar-refractivity contribution in [1.29, 1.82) is 0 Å². The van der Waals surface area contributed by atoms with Crippen molar-refractivity contribution in [2.24, 2.45) is 0 Å². The first-order valence-electron chi connectivity index (χ1n) is 7.86. The van der Waals surface area contributed by atoms with Crippen molar-refractivity contribution in [3.05, 3.63) is 81.7 Å². The van der Waals surface area contributed by atoms with Crippen LogP contribution in [0.2, 0.25) is 0 Å². The van der Waals surface area contributed by atoms with Gasteiger partial charge < -0.3 is 5.84 Å². The summed E-state index contributed by atoms with van der Waals surface area (Å²) in [7, 11) is 0. The second kappa shape index (κ2) is 6.93. The van der Waals surface area contributed by atoms with Gasteiger partial charge in [0.05, 0.1) is 5.39 Å². The first-order chi connectivity index (χ1) is 12.6. The zero-order chi connectivity index (χ0) is 18.1. The van der Waals surface area contributed by atoms with Crippen LogP contribution in [0.15, 0.2) is 69.9 Å². The van der Waals surface area contributed by atoms with Gasteiger partial charge in [-0.2, -0.15) is 0 Å². The SMILES string of the molecule is Nn1c(SCc2ccccc2F)nc2scc(-c3ccccc3)c2c1=O. The van der Waals surface area contributed by atoms with E-state index in [0.717, 1.165) is 15.8 Å². The number of aromatic nitrogens is 2. The Hall–Kier alpha value is -2.64. The summed E-state index contributed by atoms with van der Waals surface area (Å²) in [5, 5.41) is 2.80. The van der Waals surface area contributed by atoms with Crippen LogP contribution in [0, 0.1) is 5.82 Å². The molecular weight excluding hydrogens is 369 g/mol. The highest BCUT2D eigenvalue weighted by molar-refractivity contribution is 7.98. The summed E-state index contributed by atoms with van der Waals surface area (Å²) in [4.78, 5) is 18.0. The van der Waals surface area contributed by atoms with Crippen LogP contribution in [-0.2, 0) is 5.75 Å². The van der Waals surface area contributed by atoms with E-state index in [9.17, 15) is 9.18 Å². The number of rotatable bonds is 4. The standard InChI is InChI=1S/C19H14FN3OS2/c20-15-9-5-4-8-13(15)10-26-19-22-17-16(18(24)23(19)21)14(11-25-17)12-6-2-1-3-7-12/h1-9,11H,10,21H2. The minimum Gasteiger partial charge on any atom is -0.334 e. The van der Waals surface area contributed by atoms with E-state index in [1.54, 1.807) is 18.2 Å². The maximum Gasteiger partial charge on any atom is 0.282 e. The number of nitrogens with two attached hydrogens (primary N) is 1. The maximum atomic E-state index is 13.8. The molecule has 0 atom stereocenters. The van der Waals surface area contributed by atoms with Crippen LogP contribution >= 0.6 is 23.1 Å². The van der Waals surface area contributed by atoms with Crippen molar-refractivity contribution < 1.29 is 4.39 Å². The second-order valence-electron chi connectivity index (χ2n) is 5.65. The summed E-state index contributed by atoms with van der Waals surface area (Å²) in [6.45, 7) is 0. The number of nitrogen functional groups attached to an aromatic ring is 1. The smallest absolute Gasteiger partial charge is 0.282 e. The minimum absolute atomic E-state index is 0.283. The van der Waals surface area contributed by atoms with Crippen molar-refractivity contribution in [2.45, 2.75) is 10.9 Å². The molecule has 2 aromatic heterocycles. The molecule has 0 fully saturated rings. The fourth-order valence-corrected chi connectivity index (χ4v) is 4.57. The van der Waals surface area contributed by atoms with Crippen molar-refractivity contribution in [2.75, 3.05) is 5.84 Å². The molecule has 7 heteroatoms. The van der Waals surface area contributed by atoms with Gasteiger partial charge in [0, 0.05) is 16.7 Å². The van der Waals surface area contributed by atoms with Gasteiger partial charge in [0.15, 0.2) is 5.16 Å². The molecule has 4 rings (SSSR count). The van der Waals surface area contributed by atoms with E-state index in [4.69, 9.17) is 5.84 Å². The Morgan fingerprint density at radius 2 is 1.85 bits per heavy atom. The van der Waals surface area contributed by atoms with Gasteiger partial charge >= 0.3 is 0 Å². The summed E-state index contributed by atoms with van der Waals surface area (Å²) >= 11 is 2.65. The monoisotopic (exact) mass is 383 g/mol. The highest BCUT2D eigenvalue weighted by Gasteiger charge is 2.16. The Bertz CT molecular complexity index is 1140. The number of benzene rings is 2. The molecule has 0 saturated carbocycles. The van der Waals surface area contributed by atoms with Gasteiger partial charge in [-0.3, -0.25) is 4.79 Å².